The number of ether oxygens (including phenoxy) is 3. The molecule has 2 saturated heterocycles. The predicted octanol–water partition coefficient (Wildman–Crippen LogP) is -8.34. The van der Waals surface area contributed by atoms with Crippen molar-refractivity contribution >= 4 is 0 Å². The number of hydrogen-bond acceptors (Lipinski definition) is 16. The van der Waals surface area contributed by atoms with Crippen LogP contribution in [0.4, 0.5) is 0 Å². The van der Waals surface area contributed by atoms with Gasteiger partial charge in [-0.3, -0.25) is 0 Å². The van der Waals surface area contributed by atoms with Gasteiger partial charge in [0.2, 0.25) is 5.79 Å². The number of aliphatic hydroxyl groups excluding tert-OH is 13. The molecule has 33 heavy (non-hydrogen) atoms. The molecule has 0 aromatic carbocycles. The maximum atomic E-state index is 10.00. The Morgan fingerprint density at radius 2 is 1.21 bits per heavy atom. The summed E-state index contributed by atoms with van der Waals surface area (Å²) < 4.78 is 15.4. The van der Waals surface area contributed by atoms with Crippen molar-refractivity contribution in [2.45, 2.75) is 73.1 Å². The average molecular weight is 494 g/mol. The second-order valence-electron chi connectivity index (χ2n) is 7.55. The van der Waals surface area contributed by atoms with Crippen LogP contribution in [-0.4, -0.2) is 173 Å². The van der Waals surface area contributed by atoms with E-state index < -0.39 is 106 Å². The molecule has 13 N–H and O–H groups in total. The summed E-state index contributed by atoms with van der Waals surface area (Å²) >= 11 is 0. The highest BCUT2D eigenvalue weighted by Crippen LogP contribution is 2.35. The molecule has 2 aliphatic heterocycles. The summed E-state index contributed by atoms with van der Waals surface area (Å²) in [5, 5.41) is 119. The second kappa shape index (κ2) is 13.4. The van der Waals surface area contributed by atoms with E-state index in [1.165, 1.54) is 0 Å². The van der Waals surface area contributed by atoms with Crippen LogP contribution in [0.1, 0.15) is 0 Å². The van der Waals surface area contributed by atoms with Gasteiger partial charge in [-0.15, -0.1) is 0 Å². The van der Waals surface area contributed by atoms with Gasteiger partial charge >= 0.3 is 0 Å². The standard InChI is InChI=1S/C12H22O11.C5H12O5/c13-1-4-6(16)8(18)9(19)11(21-4)23-12(3-15)10(20)7(17)5(2-14)22-12;6-1-3(8)5(10)4(9)2-7/h4-11,13-20H,1-3H2;3-10H,1-2H2/t4-,5-,6-,7-,8+,9-,10+,11-,12+;3-,4+,5+/m1./s1. The monoisotopic (exact) mass is 494 g/mol. The van der Waals surface area contributed by atoms with E-state index in [1.54, 1.807) is 0 Å². The molecule has 16 nitrogen and oxygen atoms in total. The topological polar surface area (TPSA) is 291 Å². The lowest BCUT2D eigenvalue weighted by Crippen LogP contribution is -2.62. The van der Waals surface area contributed by atoms with E-state index in [4.69, 9.17) is 50.0 Å². The Bertz CT molecular complexity index is 543. The van der Waals surface area contributed by atoms with Crippen LogP contribution in [0, 0.1) is 0 Å². The van der Waals surface area contributed by atoms with Crippen LogP contribution in [-0.2, 0) is 14.2 Å². The number of rotatable bonds is 9. The Morgan fingerprint density at radius 1 is 0.697 bits per heavy atom. The third-order valence-corrected chi connectivity index (χ3v) is 5.23. The Morgan fingerprint density at radius 3 is 1.61 bits per heavy atom. The summed E-state index contributed by atoms with van der Waals surface area (Å²) in [6.45, 7) is -3.60. The highest BCUT2D eigenvalue weighted by Gasteiger charge is 2.58. The molecule has 0 aromatic heterocycles. The van der Waals surface area contributed by atoms with Crippen molar-refractivity contribution < 1.29 is 80.6 Å². The fourth-order valence-corrected chi connectivity index (χ4v) is 3.10. The average Bonchev–Trinajstić information content (AvgIpc) is 3.08. The van der Waals surface area contributed by atoms with E-state index in [2.05, 4.69) is 0 Å². The first-order chi connectivity index (χ1) is 15.4. The lowest BCUT2D eigenvalue weighted by molar-refractivity contribution is -0.383. The minimum atomic E-state index is -2.22. The second-order valence-corrected chi connectivity index (χ2v) is 7.55. The number of aliphatic hydroxyl groups is 13. The van der Waals surface area contributed by atoms with Gasteiger partial charge in [-0.05, 0) is 0 Å². The van der Waals surface area contributed by atoms with Crippen molar-refractivity contribution in [2.24, 2.45) is 0 Å². The van der Waals surface area contributed by atoms with E-state index in [-0.39, 0.29) is 0 Å². The molecular weight excluding hydrogens is 460 g/mol. The molecule has 0 bridgehead atoms. The third-order valence-electron chi connectivity index (χ3n) is 5.23. The minimum Gasteiger partial charge on any atom is -0.394 e. The van der Waals surface area contributed by atoms with Gasteiger partial charge in [0.25, 0.3) is 0 Å². The molecule has 12 atom stereocenters. The fourth-order valence-electron chi connectivity index (χ4n) is 3.10. The molecule has 16 heteroatoms. The van der Waals surface area contributed by atoms with Crippen molar-refractivity contribution in [2.75, 3.05) is 33.0 Å². The van der Waals surface area contributed by atoms with Gasteiger partial charge in [-0.25, -0.2) is 0 Å². The molecule has 198 valence electrons. The summed E-state index contributed by atoms with van der Waals surface area (Å²) in [4.78, 5) is 0. The van der Waals surface area contributed by atoms with Crippen LogP contribution in [0.2, 0.25) is 0 Å². The first-order valence-electron chi connectivity index (χ1n) is 9.94. The lowest BCUT2D eigenvalue weighted by Gasteiger charge is -2.43. The Hall–Kier alpha value is -0.640. The van der Waals surface area contributed by atoms with Gasteiger partial charge in [0.15, 0.2) is 6.29 Å². The molecule has 0 saturated carbocycles. The van der Waals surface area contributed by atoms with Crippen molar-refractivity contribution in [1.82, 2.24) is 0 Å². The van der Waals surface area contributed by atoms with Gasteiger partial charge in [0.1, 0.15) is 67.6 Å². The Labute approximate surface area is 187 Å². The van der Waals surface area contributed by atoms with Gasteiger partial charge in [-0.2, -0.15) is 0 Å². The molecule has 0 unspecified atom stereocenters. The van der Waals surface area contributed by atoms with E-state index >= 15 is 0 Å². The van der Waals surface area contributed by atoms with Crippen LogP contribution >= 0.6 is 0 Å². The highest BCUT2D eigenvalue weighted by atomic mass is 16.8. The van der Waals surface area contributed by atoms with Crippen molar-refractivity contribution in [1.29, 1.82) is 0 Å². The maximum absolute atomic E-state index is 10.00. The molecule has 0 aliphatic carbocycles. The van der Waals surface area contributed by atoms with E-state index in [1.807, 2.05) is 0 Å². The zero-order valence-electron chi connectivity index (χ0n) is 17.4. The molecule has 2 rings (SSSR count). The van der Waals surface area contributed by atoms with Crippen LogP contribution in [0.25, 0.3) is 0 Å². The normalized spacial score (nSPS) is 41.7. The summed E-state index contributed by atoms with van der Waals surface area (Å²) in [7, 11) is 0. The zero-order valence-corrected chi connectivity index (χ0v) is 17.4. The highest BCUT2D eigenvalue weighted by molar-refractivity contribution is 4.98. The van der Waals surface area contributed by atoms with Gasteiger partial charge in [-0.1, -0.05) is 0 Å². The van der Waals surface area contributed by atoms with Crippen LogP contribution in [0.5, 0.6) is 0 Å². The lowest BCUT2D eigenvalue weighted by atomic mass is 9.99. The van der Waals surface area contributed by atoms with Crippen molar-refractivity contribution in [3.8, 4) is 0 Å². The molecule has 0 aromatic rings. The molecule has 0 spiro atoms. The van der Waals surface area contributed by atoms with Crippen molar-refractivity contribution in [3.63, 3.8) is 0 Å². The molecule has 2 fully saturated rings. The van der Waals surface area contributed by atoms with E-state index in [0.29, 0.717) is 0 Å². The molecule has 2 heterocycles. The summed E-state index contributed by atoms with van der Waals surface area (Å²) in [6.07, 6.45) is -16.9. The van der Waals surface area contributed by atoms with Gasteiger partial charge in [0.05, 0.1) is 26.4 Å². The summed E-state index contributed by atoms with van der Waals surface area (Å²) in [5.41, 5.74) is 0. The quantitative estimate of drug-likeness (QED) is 0.141. The van der Waals surface area contributed by atoms with E-state index in [0.717, 1.165) is 0 Å². The minimum absolute atomic E-state index is 0.641. The zero-order chi connectivity index (χ0) is 25.5. The summed E-state index contributed by atoms with van der Waals surface area (Å²) in [5.74, 6) is -2.22. The van der Waals surface area contributed by atoms with Crippen LogP contribution in [0.3, 0.4) is 0 Å². The smallest absolute Gasteiger partial charge is 0.224 e. The van der Waals surface area contributed by atoms with Gasteiger partial charge in [0, 0.05) is 0 Å². The van der Waals surface area contributed by atoms with Crippen LogP contribution in [0.15, 0.2) is 0 Å². The third kappa shape index (κ3) is 6.95. The molecule has 0 radical (unpaired) electrons. The maximum Gasteiger partial charge on any atom is 0.224 e. The first kappa shape index (κ1) is 30.4. The van der Waals surface area contributed by atoms with Gasteiger partial charge < -0.3 is 80.6 Å². The van der Waals surface area contributed by atoms with Crippen LogP contribution < -0.4 is 0 Å². The molecular formula is C17H34O16. The van der Waals surface area contributed by atoms with E-state index in [9.17, 15) is 30.6 Å². The number of hydrogen-bond donors (Lipinski definition) is 13. The van der Waals surface area contributed by atoms with Crippen molar-refractivity contribution in [3.05, 3.63) is 0 Å². The first-order valence-corrected chi connectivity index (χ1v) is 9.94. The Kier molecular flexibility index (Phi) is 12.4. The fraction of sp³-hybridized carbons (Fsp3) is 1.00. The SMILES string of the molecule is OC[C@@H](O)[C@H](O)[C@@H](O)CO.OC[C@H]1O[C@@](CO)(O[C@H]2O[C@H](CO)[C@@H](O)[C@H](O)[C@H]2O)[C@@H](O)[C@@H]1O. The predicted molar refractivity (Wildman–Crippen MR) is 101 cm³/mol. The Balaban J connectivity index is 0.000000461. The summed E-state index contributed by atoms with van der Waals surface area (Å²) in [6, 6.07) is 0. The molecule has 2 aliphatic rings. The molecule has 0 amide bonds. The largest absolute Gasteiger partial charge is 0.394 e.